The van der Waals surface area contributed by atoms with Crippen molar-refractivity contribution in [3.05, 3.63) is 33.3 Å². The molecule has 1 N–H and O–H groups in total. The van der Waals surface area contributed by atoms with Crippen molar-refractivity contribution in [3.8, 4) is 6.07 Å². The molecule has 0 amide bonds. The van der Waals surface area contributed by atoms with E-state index in [1.807, 2.05) is 18.2 Å². The van der Waals surface area contributed by atoms with Gasteiger partial charge in [0.05, 0.1) is 12.5 Å². The molecule has 1 aliphatic heterocycles. The summed E-state index contributed by atoms with van der Waals surface area (Å²) in [5.41, 5.74) is 1.04. The molecule has 0 aliphatic carbocycles. The van der Waals surface area contributed by atoms with Crippen LogP contribution in [0, 0.1) is 11.3 Å². The third kappa shape index (κ3) is 5.07. The first kappa shape index (κ1) is 20.0. The molecule has 0 unspecified atom stereocenters. The summed E-state index contributed by atoms with van der Waals surface area (Å²) >= 11 is 9.74. The minimum Gasteiger partial charge on any atom is -0.314 e. The first-order valence-electron chi connectivity index (χ1n) is 5.99. The van der Waals surface area contributed by atoms with Crippen molar-refractivity contribution in [1.29, 1.82) is 5.26 Å². The fourth-order valence-electron chi connectivity index (χ4n) is 2.29. The van der Waals surface area contributed by atoms with Crippen molar-refractivity contribution in [2.45, 2.75) is 12.5 Å². The maximum atomic E-state index is 9.04. The largest absolute Gasteiger partial charge is 0.314 e. The van der Waals surface area contributed by atoms with E-state index in [2.05, 4.69) is 32.2 Å². The molecule has 1 aromatic rings. The molecule has 1 fully saturated rings. The quantitative estimate of drug-likeness (QED) is 0.837. The molecule has 0 radical (unpaired) electrons. The maximum Gasteiger partial charge on any atom is 0.0641 e. The van der Waals surface area contributed by atoms with Crippen molar-refractivity contribution in [3.63, 3.8) is 0 Å². The zero-order valence-electron chi connectivity index (χ0n) is 10.8. The topological polar surface area (TPSA) is 39.1 Å². The number of nitriles is 1. The van der Waals surface area contributed by atoms with E-state index in [9.17, 15) is 0 Å². The molecular weight excluding hydrogens is 384 g/mol. The molecule has 1 atom stereocenters. The van der Waals surface area contributed by atoms with E-state index in [0.717, 1.165) is 41.2 Å². The second-order valence-electron chi connectivity index (χ2n) is 4.33. The van der Waals surface area contributed by atoms with Gasteiger partial charge in [-0.2, -0.15) is 5.26 Å². The summed E-state index contributed by atoms with van der Waals surface area (Å²) in [5, 5.41) is 13.1. The van der Waals surface area contributed by atoms with E-state index in [1.165, 1.54) is 0 Å². The predicted octanol–water partition coefficient (Wildman–Crippen LogP) is 3.81. The van der Waals surface area contributed by atoms with Gasteiger partial charge in [-0.25, -0.2) is 0 Å². The van der Waals surface area contributed by atoms with Gasteiger partial charge in [0.15, 0.2) is 0 Å². The summed E-state index contributed by atoms with van der Waals surface area (Å²) in [6, 6.07) is 8.19. The molecule has 20 heavy (non-hydrogen) atoms. The van der Waals surface area contributed by atoms with Gasteiger partial charge in [0, 0.05) is 41.7 Å². The van der Waals surface area contributed by atoms with Crippen LogP contribution in [0.25, 0.3) is 0 Å². The molecule has 0 spiro atoms. The summed E-state index contributed by atoms with van der Waals surface area (Å²) in [6.45, 7) is 3.84. The first-order valence-corrected chi connectivity index (χ1v) is 7.16. The van der Waals surface area contributed by atoms with Gasteiger partial charge in [0.1, 0.15) is 0 Å². The van der Waals surface area contributed by atoms with Gasteiger partial charge in [-0.1, -0.05) is 27.5 Å². The second-order valence-corrected chi connectivity index (χ2v) is 5.65. The average Bonchev–Trinajstić information content (AvgIpc) is 2.40. The lowest BCUT2D eigenvalue weighted by Crippen LogP contribution is -2.45. The van der Waals surface area contributed by atoms with Crippen LogP contribution in [0.3, 0.4) is 0 Å². The molecule has 3 nitrogen and oxygen atoms in total. The van der Waals surface area contributed by atoms with Crippen LogP contribution >= 0.6 is 52.3 Å². The Morgan fingerprint density at radius 2 is 2.00 bits per heavy atom. The van der Waals surface area contributed by atoms with Crippen molar-refractivity contribution >= 4 is 52.3 Å². The SMILES string of the molecule is Cl.Cl.N#CC[C@H](c1cc(Br)ccc1Cl)N1CCNCC1. The molecular formula is C13H17BrCl3N3. The highest BCUT2D eigenvalue weighted by Gasteiger charge is 2.23. The zero-order valence-corrected chi connectivity index (χ0v) is 14.8. The minimum atomic E-state index is 0. The Morgan fingerprint density at radius 1 is 1.35 bits per heavy atom. The predicted molar refractivity (Wildman–Crippen MR) is 91.1 cm³/mol. The Balaban J connectivity index is 0.00000180. The third-order valence-electron chi connectivity index (χ3n) is 3.19. The highest BCUT2D eigenvalue weighted by atomic mass is 79.9. The number of halogens is 4. The summed E-state index contributed by atoms with van der Waals surface area (Å²) in [7, 11) is 0. The maximum absolute atomic E-state index is 9.04. The molecule has 1 aromatic carbocycles. The number of nitrogens with one attached hydrogen (secondary N) is 1. The summed E-state index contributed by atoms with van der Waals surface area (Å²) in [5.74, 6) is 0. The lowest BCUT2D eigenvalue weighted by molar-refractivity contribution is 0.175. The van der Waals surface area contributed by atoms with Gasteiger partial charge in [-0.15, -0.1) is 24.8 Å². The minimum absolute atomic E-state index is 0. The molecule has 1 heterocycles. The van der Waals surface area contributed by atoms with Crippen molar-refractivity contribution in [2.75, 3.05) is 26.2 Å². The third-order valence-corrected chi connectivity index (χ3v) is 4.03. The molecule has 2 rings (SSSR count). The highest BCUT2D eigenvalue weighted by Crippen LogP contribution is 2.32. The van der Waals surface area contributed by atoms with Crippen molar-refractivity contribution in [1.82, 2.24) is 10.2 Å². The number of nitrogens with zero attached hydrogens (tertiary/aromatic N) is 2. The molecule has 1 saturated heterocycles. The van der Waals surface area contributed by atoms with E-state index in [1.54, 1.807) is 0 Å². The van der Waals surface area contributed by atoms with Gasteiger partial charge in [0.25, 0.3) is 0 Å². The van der Waals surface area contributed by atoms with Crippen LogP contribution in [0.4, 0.5) is 0 Å². The number of benzene rings is 1. The average molecular weight is 402 g/mol. The standard InChI is InChI=1S/C13H15BrClN3.2ClH/c14-10-1-2-12(15)11(9-10)13(3-4-16)18-7-5-17-6-8-18;;/h1-2,9,13,17H,3,5-8H2;2*1H/t13-;;/m1../s1. The fraction of sp³-hybridized carbons (Fsp3) is 0.462. The Morgan fingerprint density at radius 3 is 2.60 bits per heavy atom. The Hall–Kier alpha value is -0.0200. The number of hydrogen-bond donors (Lipinski definition) is 1. The zero-order chi connectivity index (χ0) is 13.0. The van der Waals surface area contributed by atoms with E-state index in [0.29, 0.717) is 6.42 Å². The van der Waals surface area contributed by atoms with Gasteiger partial charge in [-0.05, 0) is 23.8 Å². The normalized spacial score (nSPS) is 16.4. The summed E-state index contributed by atoms with van der Waals surface area (Å²) in [4.78, 5) is 2.33. The van der Waals surface area contributed by atoms with Crippen molar-refractivity contribution < 1.29 is 0 Å². The lowest BCUT2D eigenvalue weighted by atomic mass is 10.0. The van der Waals surface area contributed by atoms with E-state index < -0.39 is 0 Å². The van der Waals surface area contributed by atoms with Crippen molar-refractivity contribution in [2.24, 2.45) is 0 Å². The van der Waals surface area contributed by atoms with Crippen LogP contribution in [0.15, 0.2) is 22.7 Å². The molecule has 7 heteroatoms. The van der Waals surface area contributed by atoms with E-state index >= 15 is 0 Å². The first-order chi connectivity index (χ1) is 8.72. The summed E-state index contributed by atoms with van der Waals surface area (Å²) in [6.07, 6.45) is 0.468. The highest BCUT2D eigenvalue weighted by molar-refractivity contribution is 9.10. The van der Waals surface area contributed by atoms with E-state index in [4.69, 9.17) is 16.9 Å². The number of piperazine rings is 1. The van der Waals surface area contributed by atoms with Crippen LogP contribution in [0.2, 0.25) is 5.02 Å². The van der Waals surface area contributed by atoms with Crippen LogP contribution < -0.4 is 5.32 Å². The van der Waals surface area contributed by atoms with E-state index in [-0.39, 0.29) is 30.9 Å². The van der Waals surface area contributed by atoms with Crippen LogP contribution in [-0.2, 0) is 0 Å². The molecule has 1 aliphatic rings. The van der Waals surface area contributed by atoms with Crippen LogP contribution in [-0.4, -0.2) is 31.1 Å². The second kappa shape index (κ2) is 9.83. The molecule has 112 valence electrons. The Kier molecular flexibility index (Phi) is 9.82. The Labute approximate surface area is 145 Å². The van der Waals surface area contributed by atoms with Gasteiger partial charge < -0.3 is 5.32 Å². The fourth-order valence-corrected chi connectivity index (χ4v) is 2.91. The monoisotopic (exact) mass is 399 g/mol. The van der Waals surface area contributed by atoms with Crippen LogP contribution in [0.1, 0.15) is 18.0 Å². The molecule has 0 bridgehead atoms. The number of hydrogen-bond acceptors (Lipinski definition) is 3. The molecule has 0 aromatic heterocycles. The van der Waals surface area contributed by atoms with Gasteiger partial charge in [-0.3, -0.25) is 4.90 Å². The Bertz CT molecular complexity index is 459. The summed E-state index contributed by atoms with van der Waals surface area (Å²) < 4.78 is 1.000. The lowest BCUT2D eigenvalue weighted by Gasteiger charge is -2.34. The molecule has 0 saturated carbocycles. The van der Waals surface area contributed by atoms with Crippen LogP contribution in [0.5, 0.6) is 0 Å². The van der Waals surface area contributed by atoms with Gasteiger partial charge >= 0.3 is 0 Å². The number of rotatable bonds is 3. The van der Waals surface area contributed by atoms with Gasteiger partial charge in [0.2, 0.25) is 0 Å². The smallest absolute Gasteiger partial charge is 0.0641 e.